The second-order valence-corrected chi connectivity index (χ2v) is 5.35. The average Bonchev–Trinajstić information content (AvgIpc) is 2.78. The summed E-state index contributed by atoms with van der Waals surface area (Å²) in [6.45, 7) is 1.75. The Hall–Kier alpha value is -0.610. The number of carbonyl (C=O) groups is 1. The largest absolute Gasteiger partial charge is 0.355 e. The Labute approximate surface area is 104 Å². The summed E-state index contributed by atoms with van der Waals surface area (Å²) in [6, 6.07) is 0.675. The highest BCUT2D eigenvalue weighted by Crippen LogP contribution is 2.33. The summed E-state index contributed by atoms with van der Waals surface area (Å²) < 4.78 is 0. The molecule has 3 N–H and O–H groups in total. The van der Waals surface area contributed by atoms with Crippen molar-refractivity contribution in [2.45, 2.75) is 50.6 Å². The zero-order valence-corrected chi connectivity index (χ0v) is 10.8. The topological polar surface area (TPSA) is 53.2 Å². The second kappa shape index (κ2) is 6.36. The van der Waals surface area contributed by atoms with Crippen molar-refractivity contribution in [3.63, 3.8) is 0 Å². The summed E-state index contributed by atoms with van der Waals surface area (Å²) in [5.41, 5.74) is 0. The highest BCUT2D eigenvalue weighted by Gasteiger charge is 2.37. The van der Waals surface area contributed by atoms with E-state index in [-0.39, 0.29) is 11.9 Å². The van der Waals surface area contributed by atoms with E-state index in [4.69, 9.17) is 0 Å². The lowest BCUT2D eigenvalue weighted by Gasteiger charge is -2.24. The summed E-state index contributed by atoms with van der Waals surface area (Å²) in [5, 5.41) is 9.62. The van der Waals surface area contributed by atoms with Crippen molar-refractivity contribution in [2.24, 2.45) is 5.92 Å². The van der Waals surface area contributed by atoms with Gasteiger partial charge in [-0.05, 0) is 45.2 Å². The molecule has 1 saturated carbocycles. The molecule has 4 nitrogen and oxygen atoms in total. The minimum atomic E-state index is 0.0673. The van der Waals surface area contributed by atoms with E-state index in [2.05, 4.69) is 16.0 Å². The van der Waals surface area contributed by atoms with E-state index in [1.165, 1.54) is 25.7 Å². The molecule has 0 aromatic heterocycles. The van der Waals surface area contributed by atoms with Crippen LogP contribution in [0.5, 0.6) is 0 Å². The lowest BCUT2D eigenvalue weighted by Crippen LogP contribution is -2.43. The SMILES string of the molecule is CNCCCNC(=O)C1CC2CCCCC2N1. The van der Waals surface area contributed by atoms with Crippen molar-refractivity contribution in [1.29, 1.82) is 0 Å². The van der Waals surface area contributed by atoms with E-state index in [0.717, 1.165) is 31.8 Å². The molecule has 3 atom stereocenters. The van der Waals surface area contributed by atoms with Crippen LogP contribution in [0.25, 0.3) is 0 Å². The molecule has 0 bridgehead atoms. The first-order chi connectivity index (χ1) is 8.31. The quantitative estimate of drug-likeness (QED) is 0.617. The molecule has 1 aliphatic carbocycles. The average molecular weight is 239 g/mol. The van der Waals surface area contributed by atoms with Gasteiger partial charge in [0.1, 0.15) is 0 Å². The molecule has 3 unspecified atom stereocenters. The van der Waals surface area contributed by atoms with Crippen LogP contribution in [-0.4, -0.2) is 38.1 Å². The van der Waals surface area contributed by atoms with Gasteiger partial charge in [-0.3, -0.25) is 4.79 Å². The van der Waals surface area contributed by atoms with Crippen LogP contribution in [0.15, 0.2) is 0 Å². The monoisotopic (exact) mass is 239 g/mol. The van der Waals surface area contributed by atoms with Crippen molar-refractivity contribution in [2.75, 3.05) is 20.1 Å². The van der Waals surface area contributed by atoms with Gasteiger partial charge < -0.3 is 16.0 Å². The maximum Gasteiger partial charge on any atom is 0.237 e. The molecule has 0 aromatic rings. The van der Waals surface area contributed by atoms with Gasteiger partial charge in [-0.2, -0.15) is 0 Å². The van der Waals surface area contributed by atoms with Gasteiger partial charge in [-0.25, -0.2) is 0 Å². The van der Waals surface area contributed by atoms with Gasteiger partial charge in [0.25, 0.3) is 0 Å². The van der Waals surface area contributed by atoms with Gasteiger partial charge in [0.2, 0.25) is 5.91 Å². The Balaban J connectivity index is 1.70. The molecular weight excluding hydrogens is 214 g/mol. The van der Waals surface area contributed by atoms with E-state index >= 15 is 0 Å². The lowest BCUT2D eigenvalue weighted by molar-refractivity contribution is -0.122. The van der Waals surface area contributed by atoms with Crippen LogP contribution in [0.1, 0.15) is 38.5 Å². The first-order valence-corrected chi connectivity index (χ1v) is 6.99. The number of carbonyl (C=O) groups excluding carboxylic acids is 1. The first kappa shape index (κ1) is 12.8. The molecule has 98 valence electrons. The van der Waals surface area contributed by atoms with E-state index in [1.54, 1.807) is 0 Å². The molecular formula is C13H25N3O. The Morgan fingerprint density at radius 1 is 1.29 bits per heavy atom. The Morgan fingerprint density at radius 2 is 2.12 bits per heavy atom. The van der Waals surface area contributed by atoms with Crippen LogP contribution in [0.2, 0.25) is 0 Å². The van der Waals surface area contributed by atoms with E-state index in [9.17, 15) is 4.79 Å². The fraction of sp³-hybridized carbons (Fsp3) is 0.923. The summed E-state index contributed by atoms with van der Waals surface area (Å²) in [4.78, 5) is 12.0. The number of amides is 1. The number of fused-ring (bicyclic) bond motifs is 1. The van der Waals surface area contributed by atoms with E-state index < -0.39 is 0 Å². The standard InChI is InChI=1S/C13H25N3O/c1-14-7-4-8-15-13(17)12-9-10-5-2-3-6-11(10)16-12/h10-12,14,16H,2-9H2,1H3,(H,15,17). The van der Waals surface area contributed by atoms with Gasteiger partial charge in [0, 0.05) is 12.6 Å². The number of hydrogen-bond acceptors (Lipinski definition) is 3. The molecule has 1 amide bonds. The highest BCUT2D eigenvalue weighted by atomic mass is 16.2. The molecule has 2 aliphatic rings. The molecule has 4 heteroatoms. The first-order valence-electron chi connectivity index (χ1n) is 6.99. The number of rotatable bonds is 5. The lowest BCUT2D eigenvalue weighted by atomic mass is 9.85. The Kier molecular flexibility index (Phi) is 4.80. The van der Waals surface area contributed by atoms with Crippen molar-refractivity contribution in [3.8, 4) is 0 Å². The van der Waals surface area contributed by atoms with Crippen LogP contribution in [-0.2, 0) is 4.79 Å². The number of nitrogens with one attached hydrogen (secondary N) is 3. The molecule has 0 aromatic carbocycles. The third-order valence-electron chi connectivity index (χ3n) is 4.08. The summed E-state index contributed by atoms with van der Waals surface area (Å²) in [6.07, 6.45) is 7.28. The highest BCUT2D eigenvalue weighted by molar-refractivity contribution is 5.82. The van der Waals surface area contributed by atoms with Gasteiger partial charge in [-0.15, -0.1) is 0 Å². The summed E-state index contributed by atoms with van der Waals surface area (Å²) in [5.74, 6) is 0.951. The summed E-state index contributed by atoms with van der Waals surface area (Å²) in [7, 11) is 1.94. The predicted molar refractivity (Wildman–Crippen MR) is 68.8 cm³/mol. The molecule has 17 heavy (non-hydrogen) atoms. The normalized spacial score (nSPS) is 32.2. The molecule has 2 rings (SSSR count). The molecule has 1 aliphatic heterocycles. The van der Waals surface area contributed by atoms with Crippen molar-refractivity contribution < 1.29 is 4.79 Å². The van der Waals surface area contributed by atoms with Gasteiger partial charge in [-0.1, -0.05) is 12.8 Å². The van der Waals surface area contributed by atoms with Crippen LogP contribution >= 0.6 is 0 Å². The zero-order chi connectivity index (χ0) is 12.1. The van der Waals surface area contributed by atoms with E-state index in [1.807, 2.05) is 7.05 Å². The predicted octanol–water partition coefficient (Wildman–Crippen LogP) is 0.633. The second-order valence-electron chi connectivity index (χ2n) is 5.35. The van der Waals surface area contributed by atoms with Gasteiger partial charge in [0.15, 0.2) is 0 Å². The van der Waals surface area contributed by atoms with Gasteiger partial charge in [0.05, 0.1) is 6.04 Å². The molecule has 1 saturated heterocycles. The van der Waals surface area contributed by atoms with Crippen molar-refractivity contribution in [1.82, 2.24) is 16.0 Å². The third kappa shape index (κ3) is 3.42. The minimum absolute atomic E-state index is 0.0673. The smallest absolute Gasteiger partial charge is 0.237 e. The van der Waals surface area contributed by atoms with Crippen LogP contribution < -0.4 is 16.0 Å². The Morgan fingerprint density at radius 3 is 2.88 bits per heavy atom. The van der Waals surface area contributed by atoms with Crippen molar-refractivity contribution >= 4 is 5.91 Å². The third-order valence-corrected chi connectivity index (χ3v) is 4.08. The molecule has 0 radical (unpaired) electrons. The van der Waals surface area contributed by atoms with Crippen LogP contribution in [0.4, 0.5) is 0 Å². The maximum atomic E-state index is 12.0. The van der Waals surface area contributed by atoms with Crippen LogP contribution in [0, 0.1) is 5.92 Å². The Bertz CT molecular complexity index is 243. The van der Waals surface area contributed by atoms with Crippen molar-refractivity contribution in [3.05, 3.63) is 0 Å². The fourth-order valence-electron chi connectivity index (χ4n) is 3.12. The zero-order valence-electron chi connectivity index (χ0n) is 10.8. The fourth-order valence-corrected chi connectivity index (χ4v) is 3.12. The minimum Gasteiger partial charge on any atom is -0.355 e. The molecule has 0 spiro atoms. The van der Waals surface area contributed by atoms with Crippen LogP contribution in [0.3, 0.4) is 0 Å². The molecule has 1 heterocycles. The van der Waals surface area contributed by atoms with E-state index in [0.29, 0.717) is 6.04 Å². The summed E-state index contributed by atoms with van der Waals surface area (Å²) >= 11 is 0. The number of hydrogen-bond donors (Lipinski definition) is 3. The molecule has 2 fully saturated rings. The van der Waals surface area contributed by atoms with Gasteiger partial charge >= 0.3 is 0 Å². The maximum absolute atomic E-state index is 12.0.